The molecule has 0 fully saturated rings. The Hall–Kier alpha value is -0.160. The third-order valence-corrected chi connectivity index (χ3v) is 1.13. The van der Waals surface area contributed by atoms with Crippen LogP contribution in [0.2, 0.25) is 0 Å². The standard InChI is InChI=1S/C7H18N2O2/c1-7(11-5-3-9)6-10-4-2-8/h7H,2-6,8-9H2,1H3. The molecule has 4 N–H and O–H groups in total. The predicted octanol–water partition coefficient (Wildman–Crippen LogP) is -0.674. The van der Waals surface area contributed by atoms with Gasteiger partial charge in [-0.1, -0.05) is 0 Å². The minimum absolute atomic E-state index is 0.116. The molecule has 0 bridgehead atoms. The number of nitrogens with two attached hydrogens (primary N) is 2. The van der Waals surface area contributed by atoms with Gasteiger partial charge >= 0.3 is 0 Å². The van der Waals surface area contributed by atoms with E-state index < -0.39 is 0 Å². The molecule has 4 heteroatoms. The lowest BCUT2D eigenvalue weighted by Gasteiger charge is -2.11. The van der Waals surface area contributed by atoms with Crippen LogP contribution in [-0.4, -0.2) is 39.0 Å². The van der Waals surface area contributed by atoms with E-state index in [1.807, 2.05) is 6.92 Å². The topological polar surface area (TPSA) is 70.5 Å². The van der Waals surface area contributed by atoms with Crippen molar-refractivity contribution < 1.29 is 9.47 Å². The second kappa shape index (κ2) is 7.94. The van der Waals surface area contributed by atoms with Gasteiger partial charge in [0.1, 0.15) is 0 Å². The molecule has 0 saturated carbocycles. The highest BCUT2D eigenvalue weighted by molar-refractivity contribution is 4.47. The lowest BCUT2D eigenvalue weighted by Crippen LogP contribution is -2.21. The van der Waals surface area contributed by atoms with Crippen molar-refractivity contribution in [1.82, 2.24) is 0 Å². The maximum atomic E-state index is 5.25. The van der Waals surface area contributed by atoms with Gasteiger partial charge < -0.3 is 20.9 Å². The molecule has 68 valence electrons. The third-order valence-electron chi connectivity index (χ3n) is 1.13. The van der Waals surface area contributed by atoms with E-state index in [1.54, 1.807) is 0 Å². The first-order valence-corrected chi connectivity index (χ1v) is 3.90. The molecule has 0 aliphatic carbocycles. The van der Waals surface area contributed by atoms with Crippen LogP contribution in [0.15, 0.2) is 0 Å². The molecule has 0 rings (SSSR count). The summed E-state index contributed by atoms with van der Waals surface area (Å²) < 4.78 is 10.4. The van der Waals surface area contributed by atoms with Crippen molar-refractivity contribution in [2.45, 2.75) is 13.0 Å². The van der Waals surface area contributed by atoms with Gasteiger partial charge in [0, 0.05) is 13.1 Å². The quantitative estimate of drug-likeness (QED) is 0.487. The summed E-state index contributed by atoms with van der Waals surface area (Å²) in [4.78, 5) is 0. The number of rotatable bonds is 7. The summed E-state index contributed by atoms with van der Waals surface area (Å²) in [6.45, 7) is 4.84. The summed E-state index contributed by atoms with van der Waals surface area (Å²) in [5, 5.41) is 0. The van der Waals surface area contributed by atoms with Crippen LogP contribution >= 0.6 is 0 Å². The van der Waals surface area contributed by atoms with E-state index in [2.05, 4.69) is 0 Å². The monoisotopic (exact) mass is 162 g/mol. The summed E-state index contributed by atoms with van der Waals surface area (Å²) >= 11 is 0. The number of hydrogen-bond acceptors (Lipinski definition) is 4. The van der Waals surface area contributed by atoms with Crippen LogP contribution in [0.1, 0.15) is 6.92 Å². The first kappa shape index (κ1) is 10.8. The average molecular weight is 162 g/mol. The van der Waals surface area contributed by atoms with Crippen molar-refractivity contribution in [3.8, 4) is 0 Å². The Morgan fingerprint density at radius 3 is 2.36 bits per heavy atom. The molecule has 0 heterocycles. The van der Waals surface area contributed by atoms with Gasteiger partial charge in [-0.05, 0) is 6.92 Å². The highest BCUT2D eigenvalue weighted by atomic mass is 16.5. The van der Waals surface area contributed by atoms with Crippen molar-refractivity contribution >= 4 is 0 Å². The van der Waals surface area contributed by atoms with Gasteiger partial charge in [0.15, 0.2) is 0 Å². The van der Waals surface area contributed by atoms with Crippen LogP contribution in [0.4, 0.5) is 0 Å². The summed E-state index contributed by atoms with van der Waals surface area (Å²) in [5.74, 6) is 0. The van der Waals surface area contributed by atoms with Crippen LogP contribution in [0, 0.1) is 0 Å². The lowest BCUT2D eigenvalue weighted by molar-refractivity contribution is -0.00143. The second-order valence-electron chi connectivity index (χ2n) is 2.33. The molecule has 4 nitrogen and oxygen atoms in total. The van der Waals surface area contributed by atoms with E-state index in [9.17, 15) is 0 Å². The van der Waals surface area contributed by atoms with Gasteiger partial charge in [0.05, 0.1) is 25.9 Å². The zero-order valence-corrected chi connectivity index (χ0v) is 7.08. The van der Waals surface area contributed by atoms with Crippen LogP contribution in [0.25, 0.3) is 0 Å². The van der Waals surface area contributed by atoms with Gasteiger partial charge in [-0.25, -0.2) is 0 Å². The SMILES string of the molecule is CC(COCCN)OCCN. The van der Waals surface area contributed by atoms with Gasteiger partial charge in [-0.15, -0.1) is 0 Å². The van der Waals surface area contributed by atoms with Crippen molar-refractivity contribution in [3.05, 3.63) is 0 Å². The fourth-order valence-corrected chi connectivity index (χ4v) is 0.650. The summed E-state index contributed by atoms with van der Waals surface area (Å²) in [6, 6.07) is 0. The smallest absolute Gasteiger partial charge is 0.0781 e. The van der Waals surface area contributed by atoms with E-state index >= 15 is 0 Å². The zero-order chi connectivity index (χ0) is 8.53. The third kappa shape index (κ3) is 7.74. The molecule has 1 unspecified atom stereocenters. The molecule has 0 aromatic heterocycles. The molecule has 0 spiro atoms. The molecule has 0 aromatic rings. The molecule has 0 aromatic carbocycles. The second-order valence-corrected chi connectivity index (χ2v) is 2.33. The van der Waals surface area contributed by atoms with E-state index in [0.29, 0.717) is 32.9 Å². The Morgan fingerprint density at radius 2 is 1.82 bits per heavy atom. The van der Waals surface area contributed by atoms with E-state index in [0.717, 1.165) is 0 Å². The van der Waals surface area contributed by atoms with E-state index in [-0.39, 0.29) is 6.10 Å². The molecule has 11 heavy (non-hydrogen) atoms. The fourth-order valence-electron chi connectivity index (χ4n) is 0.650. The molecule has 0 saturated heterocycles. The van der Waals surface area contributed by atoms with E-state index in [4.69, 9.17) is 20.9 Å². The Kier molecular flexibility index (Phi) is 7.83. The first-order chi connectivity index (χ1) is 5.31. The predicted molar refractivity (Wildman–Crippen MR) is 44.3 cm³/mol. The maximum absolute atomic E-state index is 5.25. The minimum atomic E-state index is 0.116. The normalized spacial score (nSPS) is 13.4. The van der Waals surface area contributed by atoms with Crippen molar-refractivity contribution in [2.24, 2.45) is 11.5 Å². The van der Waals surface area contributed by atoms with Crippen LogP contribution in [0.3, 0.4) is 0 Å². The Balaban J connectivity index is 3.02. The van der Waals surface area contributed by atoms with Crippen molar-refractivity contribution in [3.63, 3.8) is 0 Å². The molecule has 1 atom stereocenters. The summed E-state index contributed by atoms with van der Waals surface area (Å²) in [6.07, 6.45) is 0.116. The van der Waals surface area contributed by atoms with Crippen LogP contribution < -0.4 is 11.5 Å². The lowest BCUT2D eigenvalue weighted by atomic mass is 10.4. The van der Waals surface area contributed by atoms with Gasteiger partial charge in [-0.2, -0.15) is 0 Å². The fraction of sp³-hybridized carbons (Fsp3) is 1.00. The van der Waals surface area contributed by atoms with Crippen LogP contribution in [-0.2, 0) is 9.47 Å². The molecule has 0 radical (unpaired) electrons. The number of hydrogen-bond donors (Lipinski definition) is 2. The number of ether oxygens (including phenoxy) is 2. The molecule has 0 aliphatic rings. The Labute approximate surface area is 67.8 Å². The van der Waals surface area contributed by atoms with Gasteiger partial charge in [0.25, 0.3) is 0 Å². The average Bonchev–Trinajstić information content (AvgIpc) is 2.01. The summed E-state index contributed by atoms with van der Waals surface area (Å²) in [5.41, 5.74) is 10.5. The van der Waals surface area contributed by atoms with Gasteiger partial charge in [0.2, 0.25) is 0 Å². The van der Waals surface area contributed by atoms with Crippen molar-refractivity contribution in [1.29, 1.82) is 0 Å². The molecular formula is C7H18N2O2. The molecular weight excluding hydrogens is 144 g/mol. The maximum Gasteiger partial charge on any atom is 0.0781 e. The molecule has 0 amide bonds. The highest BCUT2D eigenvalue weighted by Gasteiger charge is 1.99. The first-order valence-electron chi connectivity index (χ1n) is 3.90. The zero-order valence-electron chi connectivity index (χ0n) is 7.08. The minimum Gasteiger partial charge on any atom is -0.377 e. The summed E-state index contributed by atoms with van der Waals surface area (Å²) in [7, 11) is 0. The Bertz CT molecular complexity index is 80.8. The Morgan fingerprint density at radius 1 is 1.18 bits per heavy atom. The highest BCUT2D eigenvalue weighted by Crippen LogP contribution is 1.90. The van der Waals surface area contributed by atoms with Crippen LogP contribution in [0.5, 0.6) is 0 Å². The van der Waals surface area contributed by atoms with Gasteiger partial charge in [-0.3, -0.25) is 0 Å². The van der Waals surface area contributed by atoms with E-state index in [1.165, 1.54) is 0 Å². The largest absolute Gasteiger partial charge is 0.377 e. The van der Waals surface area contributed by atoms with Crippen molar-refractivity contribution in [2.75, 3.05) is 32.9 Å². The molecule has 0 aliphatic heterocycles.